The van der Waals surface area contributed by atoms with Crippen LogP contribution in [-0.4, -0.2) is 61.8 Å². The van der Waals surface area contributed by atoms with E-state index >= 15 is 0 Å². The zero-order chi connectivity index (χ0) is 35.8. The van der Waals surface area contributed by atoms with Crippen molar-refractivity contribution < 1.29 is 29.4 Å². The third-order valence-electron chi connectivity index (χ3n) is 8.19. The number of halogens is 1. The SMILES string of the molecule is CC(=O)ON(C(=O)c1cccc2c(Oc3ccc(C[C@@H](CO)N(Cc4ccccc4)C[C@@H](O)c4cccc(Cl)c4)cc3)ccnc12)C(C)(C)C. The summed E-state index contributed by atoms with van der Waals surface area (Å²) in [6.45, 7) is 7.31. The minimum atomic E-state index is -0.800. The third-order valence-corrected chi connectivity index (χ3v) is 8.43. The molecule has 0 aliphatic rings. The molecule has 260 valence electrons. The molecule has 1 aromatic heterocycles. The van der Waals surface area contributed by atoms with Crippen molar-refractivity contribution in [3.63, 3.8) is 0 Å². The van der Waals surface area contributed by atoms with Crippen LogP contribution in [0.2, 0.25) is 5.02 Å². The van der Waals surface area contributed by atoms with Crippen molar-refractivity contribution in [2.24, 2.45) is 0 Å². The van der Waals surface area contributed by atoms with E-state index in [9.17, 15) is 19.8 Å². The Labute approximate surface area is 297 Å². The predicted octanol–water partition coefficient (Wildman–Crippen LogP) is 7.54. The molecule has 50 heavy (non-hydrogen) atoms. The van der Waals surface area contributed by atoms with E-state index in [4.69, 9.17) is 21.2 Å². The van der Waals surface area contributed by atoms with Gasteiger partial charge in [0, 0.05) is 42.7 Å². The van der Waals surface area contributed by atoms with Crippen molar-refractivity contribution >= 4 is 34.4 Å². The maximum absolute atomic E-state index is 13.6. The quantitative estimate of drug-likeness (QED) is 0.129. The highest BCUT2D eigenvalue weighted by Crippen LogP contribution is 2.32. The van der Waals surface area contributed by atoms with Crippen LogP contribution < -0.4 is 4.74 Å². The van der Waals surface area contributed by atoms with Crippen molar-refractivity contribution in [3.05, 3.63) is 137 Å². The number of pyridine rings is 1. The van der Waals surface area contributed by atoms with E-state index in [1.165, 1.54) is 6.92 Å². The molecule has 0 aliphatic carbocycles. The first-order valence-corrected chi connectivity index (χ1v) is 16.8. The maximum atomic E-state index is 13.6. The average molecular weight is 696 g/mol. The smallest absolute Gasteiger partial charge is 0.329 e. The van der Waals surface area contributed by atoms with Gasteiger partial charge in [-0.25, -0.2) is 0 Å². The van der Waals surface area contributed by atoms with Gasteiger partial charge in [-0.2, -0.15) is 5.06 Å². The summed E-state index contributed by atoms with van der Waals surface area (Å²) in [5, 5.41) is 24.0. The number of ether oxygens (including phenoxy) is 1. The number of carbonyl (C=O) groups excluding carboxylic acids is 2. The highest BCUT2D eigenvalue weighted by atomic mass is 35.5. The number of hydrogen-bond acceptors (Lipinski definition) is 8. The van der Waals surface area contributed by atoms with Gasteiger partial charge >= 0.3 is 5.97 Å². The Hall–Kier alpha value is -4.80. The molecule has 0 saturated heterocycles. The lowest BCUT2D eigenvalue weighted by molar-refractivity contribution is -0.192. The maximum Gasteiger partial charge on any atom is 0.329 e. The Balaban J connectivity index is 1.35. The second-order valence-corrected chi connectivity index (χ2v) is 13.6. The number of para-hydroxylation sites is 1. The van der Waals surface area contributed by atoms with Crippen molar-refractivity contribution in [1.82, 2.24) is 14.9 Å². The minimum Gasteiger partial charge on any atom is -0.457 e. The number of hydrogen-bond donors (Lipinski definition) is 2. The largest absolute Gasteiger partial charge is 0.457 e. The molecule has 9 nitrogen and oxygen atoms in total. The number of fused-ring (bicyclic) bond motifs is 1. The molecule has 1 heterocycles. The number of carbonyl (C=O) groups is 2. The van der Waals surface area contributed by atoms with Gasteiger partial charge < -0.3 is 19.8 Å². The van der Waals surface area contributed by atoms with Crippen LogP contribution in [0, 0.1) is 0 Å². The monoisotopic (exact) mass is 695 g/mol. The zero-order valence-electron chi connectivity index (χ0n) is 28.6. The molecule has 0 radical (unpaired) electrons. The molecule has 0 unspecified atom stereocenters. The van der Waals surface area contributed by atoms with Gasteiger partial charge in [-0.1, -0.05) is 72.3 Å². The fraction of sp³-hybridized carbons (Fsp3) is 0.275. The number of amides is 1. The lowest BCUT2D eigenvalue weighted by Crippen LogP contribution is -2.46. The van der Waals surface area contributed by atoms with Crippen LogP contribution in [0.5, 0.6) is 11.5 Å². The molecule has 2 atom stereocenters. The van der Waals surface area contributed by atoms with E-state index in [1.807, 2.05) is 72.8 Å². The second-order valence-electron chi connectivity index (χ2n) is 13.1. The highest BCUT2D eigenvalue weighted by molar-refractivity contribution is 6.30. The molecule has 0 bridgehead atoms. The van der Waals surface area contributed by atoms with E-state index in [1.54, 1.807) is 57.3 Å². The first kappa shape index (κ1) is 36.5. The Morgan fingerprint density at radius 3 is 2.28 bits per heavy atom. The standard InChI is InChI=1S/C40H42ClN3O6/c1-27(46)50-44(40(2,3)4)39(48)35-15-9-14-34-37(20-21-42-38(34)35)49-33-18-16-28(17-19-33)22-32(26-45)43(24-29-10-6-5-7-11-29)25-36(47)30-12-8-13-31(41)23-30/h5-21,23,32,36,45,47H,22,24-26H2,1-4H3/t32-,36+/m0/s1. The Morgan fingerprint density at radius 2 is 1.62 bits per heavy atom. The van der Waals surface area contributed by atoms with Gasteiger partial charge in [0.05, 0.1) is 29.3 Å². The fourth-order valence-electron chi connectivity index (χ4n) is 5.74. The summed E-state index contributed by atoms with van der Waals surface area (Å²) in [6, 6.07) is 31.4. The Kier molecular flexibility index (Phi) is 11.9. The van der Waals surface area contributed by atoms with Crippen LogP contribution in [0.1, 0.15) is 60.8 Å². The van der Waals surface area contributed by atoms with Crippen molar-refractivity contribution in [2.75, 3.05) is 13.2 Å². The summed E-state index contributed by atoms with van der Waals surface area (Å²) < 4.78 is 6.29. The number of aliphatic hydroxyl groups excluding tert-OH is 2. The summed E-state index contributed by atoms with van der Waals surface area (Å²) in [5.41, 5.74) is 2.66. The van der Waals surface area contributed by atoms with E-state index in [0.29, 0.717) is 52.5 Å². The van der Waals surface area contributed by atoms with Gasteiger partial charge in [0.15, 0.2) is 0 Å². The minimum absolute atomic E-state index is 0.110. The van der Waals surface area contributed by atoms with Crippen LogP contribution in [0.3, 0.4) is 0 Å². The van der Waals surface area contributed by atoms with Crippen LogP contribution in [0.25, 0.3) is 10.9 Å². The van der Waals surface area contributed by atoms with Crippen LogP contribution in [-0.2, 0) is 22.6 Å². The van der Waals surface area contributed by atoms with Gasteiger partial charge in [-0.15, -0.1) is 0 Å². The van der Waals surface area contributed by atoms with E-state index in [2.05, 4.69) is 9.88 Å². The third kappa shape index (κ3) is 9.25. The van der Waals surface area contributed by atoms with E-state index < -0.39 is 23.5 Å². The lowest BCUT2D eigenvalue weighted by atomic mass is 10.0. The fourth-order valence-corrected chi connectivity index (χ4v) is 5.94. The molecule has 0 fully saturated rings. The van der Waals surface area contributed by atoms with Crippen LogP contribution in [0.15, 0.2) is 109 Å². The summed E-state index contributed by atoms with van der Waals surface area (Å²) in [7, 11) is 0. The Bertz CT molecular complexity index is 1910. The lowest BCUT2D eigenvalue weighted by Gasteiger charge is -2.33. The van der Waals surface area contributed by atoms with E-state index in [-0.39, 0.29) is 18.2 Å². The second kappa shape index (κ2) is 16.3. The molecule has 10 heteroatoms. The summed E-state index contributed by atoms with van der Waals surface area (Å²) in [4.78, 5) is 37.2. The number of aromatic nitrogens is 1. The molecule has 4 aromatic carbocycles. The van der Waals surface area contributed by atoms with Crippen LogP contribution >= 0.6 is 11.6 Å². The number of hydroxylamine groups is 2. The van der Waals surface area contributed by atoms with Crippen molar-refractivity contribution in [3.8, 4) is 11.5 Å². The Morgan fingerprint density at radius 1 is 0.900 bits per heavy atom. The summed E-state index contributed by atoms with van der Waals surface area (Å²) in [5.74, 6) is -0.0119. The molecule has 1 amide bonds. The molecular formula is C40H42ClN3O6. The number of nitrogens with zero attached hydrogens (tertiary/aromatic N) is 3. The van der Waals surface area contributed by atoms with Gasteiger partial charge in [-0.05, 0) is 86.3 Å². The molecule has 0 spiro atoms. The highest BCUT2D eigenvalue weighted by Gasteiger charge is 2.32. The first-order valence-electron chi connectivity index (χ1n) is 16.4. The molecule has 0 saturated carbocycles. The molecule has 0 aliphatic heterocycles. The molecular weight excluding hydrogens is 654 g/mol. The summed E-state index contributed by atoms with van der Waals surface area (Å²) >= 11 is 6.20. The van der Waals surface area contributed by atoms with E-state index in [0.717, 1.165) is 16.2 Å². The summed E-state index contributed by atoms with van der Waals surface area (Å²) in [6.07, 6.45) is 1.30. The van der Waals surface area contributed by atoms with Gasteiger partial charge in [0.25, 0.3) is 5.91 Å². The number of rotatable bonds is 12. The van der Waals surface area contributed by atoms with Gasteiger partial charge in [0.1, 0.15) is 11.5 Å². The van der Waals surface area contributed by atoms with Gasteiger partial charge in [0.2, 0.25) is 0 Å². The first-order chi connectivity index (χ1) is 23.9. The normalized spacial score (nSPS) is 12.8. The van der Waals surface area contributed by atoms with Gasteiger partial charge in [-0.3, -0.25) is 19.5 Å². The zero-order valence-corrected chi connectivity index (χ0v) is 29.4. The van der Waals surface area contributed by atoms with Crippen molar-refractivity contribution in [2.45, 2.75) is 58.3 Å². The topological polar surface area (TPSA) is 112 Å². The van der Waals surface area contributed by atoms with Crippen molar-refractivity contribution in [1.29, 1.82) is 0 Å². The molecule has 5 aromatic rings. The molecule has 2 N–H and O–H groups in total. The average Bonchev–Trinajstić information content (AvgIpc) is 3.09. The molecule has 5 rings (SSSR count). The number of benzene rings is 4. The van der Waals surface area contributed by atoms with Crippen LogP contribution in [0.4, 0.5) is 0 Å². The predicted molar refractivity (Wildman–Crippen MR) is 194 cm³/mol. The number of aliphatic hydroxyl groups is 2.